The number of nitrogens with one attached hydrogen (secondary N) is 1. The second kappa shape index (κ2) is 10.1. The van der Waals surface area contributed by atoms with Crippen LogP contribution in [0.5, 0.6) is 5.75 Å². The van der Waals surface area contributed by atoms with E-state index in [1.54, 1.807) is 20.9 Å². The van der Waals surface area contributed by atoms with Crippen molar-refractivity contribution >= 4 is 23.8 Å². The lowest BCUT2D eigenvalue weighted by atomic mass is 9.93. The highest BCUT2D eigenvalue weighted by molar-refractivity contribution is 6.08. The first-order valence-electron chi connectivity index (χ1n) is 10.0. The van der Waals surface area contributed by atoms with Crippen LogP contribution in [-0.2, 0) is 25.7 Å². The normalized spacial score (nSPS) is 15.0. The molecule has 1 aromatic carbocycles. The molecule has 0 aromatic heterocycles. The van der Waals surface area contributed by atoms with E-state index in [1.807, 2.05) is 31.2 Å². The van der Waals surface area contributed by atoms with Gasteiger partial charge in [-0.25, -0.2) is 4.79 Å². The van der Waals surface area contributed by atoms with Gasteiger partial charge in [-0.15, -0.1) is 0 Å². The third-order valence-corrected chi connectivity index (χ3v) is 5.18. The van der Waals surface area contributed by atoms with E-state index in [9.17, 15) is 19.2 Å². The summed E-state index contributed by atoms with van der Waals surface area (Å²) in [6.07, 6.45) is 0.850. The Bertz CT molecular complexity index is 788. The molecule has 9 heteroatoms. The highest BCUT2D eigenvalue weighted by atomic mass is 16.5. The lowest BCUT2D eigenvalue weighted by Gasteiger charge is -2.23. The summed E-state index contributed by atoms with van der Waals surface area (Å²) in [6, 6.07) is 6.72. The molecule has 0 bridgehead atoms. The number of imide groups is 1. The largest absolute Gasteiger partial charge is 0.494 e. The summed E-state index contributed by atoms with van der Waals surface area (Å²) in [6.45, 7) is 5.41. The fourth-order valence-electron chi connectivity index (χ4n) is 3.20. The molecule has 9 nitrogen and oxygen atoms in total. The van der Waals surface area contributed by atoms with Gasteiger partial charge in [-0.3, -0.25) is 19.3 Å². The van der Waals surface area contributed by atoms with E-state index in [0.717, 1.165) is 16.2 Å². The zero-order valence-electron chi connectivity index (χ0n) is 17.9. The zero-order valence-corrected chi connectivity index (χ0v) is 17.9. The Balaban J connectivity index is 1.83. The number of amides is 4. The van der Waals surface area contributed by atoms with Crippen LogP contribution >= 0.6 is 0 Å². The van der Waals surface area contributed by atoms with Gasteiger partial charge in [0, 0.05) is 13.6 Å². The molecular formula is C21H29N3O6. The van der Waals surface area contributed by atoms with Crippen LogP contribution in [0.1, 0.15) is 39.2 Å². The molecule has 1 fully saturated rings. The second-order valence-corrected chi connectivity index (χ2v) is 7.10. The minimum absolute atomic E-state index is 0.339. The van der Waals surface area contributed by atoms with Crippen molar-refractivity contribution in [1.82, 2.24) is 15.1 Å². The summed E-state index contributed by atoms with van der Waals surface area (Å²) in [7, 11) is 1.60. The van der Waals surface area contributed by atoms with Gasteiger partial charge in [0.05, 0.1) is 6.61 Å². The summed E-state index contributed by atoms with van der Waals surface area (Å²) in [5.74, 6) is -0.913. The maximum absolute atomic E-state index is 12.5. The van der Waals surface area contributed by atoms with E-state index >= 15 is 0 Å². The van der Waals surface area contributed by atoms with Gasteiger partial charge in [-0.05, 0) is 37.5 Å². The molecule has 0 unspecified atom stereocenters. The fraction of sp³-hybridized carbons (Fsp3) is 0.524. The van der Waals surface area contributed by atoms with Crippen molar-refractivity contribution < 1.29 is 28.7 Å². The molecule has 164 valence electrons. The summed E-state index contributed by atoms with van der Waals surface area (Å²) < 4.78 is 10.4. The van der Waals surface area contributed by atoms with Crippen LogP contribution < -0.4 is 10.1 Å². The molecule has 1 N–H and O–H groups in total. The minimum atomic E-state index is -0.981. The number of urea groups is 1. The van der Waals surface area contributed by atoms with Crippen molar-refractivity contribution in [3.8, 4) is 5.75 Å². The number of benzene rings is 1. The molecular weight excluding hydrogens is 390 g/mol. The topological polar surface area (TPSA) is 105 Å². The highest BCUT2D eigenvalue weighted by Crippen LogP contribution is 2.24. The van der Waals surface area contributed by atoms with Crippen molar-refractivity contribution in [2.45, 2.75) is 45.7 Å². The Labute approximate surface area is 176 Å². The number of hydrogen-bond donors (Lipinski definition) is 1. The molecule has 0 atom stereocenters. The van der Waals surface area contributed by atoms with Gasteiger partial charge >= 0.3 is 12.0 Å². The molecule has 4 amide bonds. The van der Waals surface area contributed by atoms with Crippen LogP contribution in [0.3, 0.4) is 0 Å². The van der Waals surface area contributed by atoms with E-state index in [1.165, 1.54) is 4.90 Å². The summed E-state index contributed by atoms with van der Waals surface area (Å²) >= 11 is 0. The van der Waals surface area contributed by atoms with E-state index in [-0.39, 0.29) is 0 Å². The molecule has 1 heterocycles. The number of carbonyl (C=O) groups excluding carboxylic acids is 4. The maximum Gasteiger partial charge on any atom is 0.326 e. The van der Waals surface area contributed by atoms with Crippen molar-refractivity contribution in [1.29, 1.82) is 0 Å². The monoisotopic (exact) mass is 419 g/mol. The third-order valence-electron chi connectivity index (χ3n) is 5.18. The van der Waals surface area contributed by atoms with E-state index in [2.05, 4.69) is 5.32 Å². The molecule has 2 rings (SSSR count). The average Bonchev–Trinajstić information content (AvgIpc) is 2.98. The summed E-state index contributed by atoms with van der Waals surface area (Å²) in [5, 5.41) is 2.64. The standard InChI is InChI=1S/C21H29N3O6/c1-5-21(6-2)19(27)24(20(28)22-21)13-18(26)30-14-17(25)23(4)12-15-8-10-16(11-9-15)29-7-3/h8-11H,5-7,12-14H2,1-4H3,(H,22,28). The average molecular weight is 419 g/mol. The molecule has 0 aliphatic carbocycles. The van der Waals surface area contributed by atoms with Crippen LogP contribution in [-0.4, -0.2) is 66.0 Å². The van der Waals surface area contributed by atoms with Gasteiger partial charge in [-0.2, -0.15) is 0 Å². The van der Waals surface area contributed by atoms with Gasteiger partial charge < -0.3 is 19.7 Å². The molecule has 0 radical (unpaired) electrons. The minimum Gasteiger partial charge on any atom is -0.494 e. The molecule has 30 heavy (non-hydrogen) atoms. The van der Waals surface area contributed by atoms with Crippen LogP contribution in [0.2, 0.25) is 0 Å². The Kier molecular flexibility index (Phi) is 7.79. The Morgan fingerprint density at radius 1 is 1.10 bits per heavy atom. The van der Waals surface area contributed by atoms with Gasteiger partial charge in [-0.1, -0.05) is 26.0 Å². The SMILES string of the molecule is CCOc1ccc(CN(C)C(=O)COC(=O)CN2C(=O)NC(CC)(CC)C2=O)cc1. The van der Waals surface area contributed by atoms with Gasteiger partial charge in [0.25, 0.3) is 11.8 Å². The Hall–Kier alpha value is -3.10. The smallest absolute Gasteiger partial charge is 0.326 e. The van der Waals surface area contributed by atoms with E-state index in [4.69, 9.17) is 9.47 Å². The number of rotatable bonds is 10. The molecule has 1 aliphatic rings. The van der Waals surface area contributed by atoms with Crippen molar-refractivity contribution in [2.75, 3.05) is 26.8 Å². The summed E-state index contributed by atoms with van der Waals surface area (Å²) in [4.78, 5) is 51.2. The first-order chi connectivity index (χ1) is 14.3. The number of esters is 1. The van der Waals surface area contributed by atoms with E-state index in [0.29, 0.717) is 26.0 Å². The first-order valence-corrected chi connectivity index (χ1v) is 10.0. The number of nitrogens with zero attached hydrogens (tertiary/aromatic N) is 2. The lowest BCUT2D eigenvalue weighted by Crippen LogP contribution is -2.46. The highest BCUT2D eigenvalue weighted by Gasteiger charge is 2.49. The molecule has 0 spiro atoms. The molecule has 1 saturated heterocycles. The maximum atomic E-state index is 12.5. The number of carbonyl (C=O) groups is 4. The van der Waals surface area contributed by atoms with Crippen LogP contribution in [0.4, 0.5) is 4.79 Å². The van der Waals surface area contributed by atoms with Gasteiger partial charge in [0.2, 0.25) is 0 Å². The van der Waals surface area contributed by atoms with Crippen molar-refractivity contribution in [3.05, 3.63) is 29.8 Å². The summed E-state index contributed by atoms with van der Waals surface area (Å²) in [5.41, 5.74) is -0.0825. The van der Waals surface area contributed by atoms with Crippen LogP contribution in [0.25, 0.3) is 0 Å². The number of likely N-dealkylation sites (N-methyl/N-ethyl adjacent to an activating group) is 1. The first kappa shape index (κ1) is 23.2. The Morgan fingerprint density at radius 3 is 2.27 bits per heavy atom. The van der Waals surface area contributed by atoms with Crippen molar-refractivity contribution in [2.24, 2.45) is 0 Å². The predicted octanol–water partition coefficient (Wildman–Crippen LogP) is 1.70. The predicted molar refractivity (Wildman–Crippen MR) is 109 cm³/mol. The third kappa shape index (κ3) is 5.28. The number of ether oxygens (including phenoxy) is 2. The zero-order chi connectivity index (χ0) is 22.3. The Morgan fingerprint density at radius 2 is 1.73 bits per heavy atom. The van der Waals surface area contributed by atoms with Gasteiger partial charge in [0.15, 0.2) is 6.61 Å². The quantitative estimate of drug-likeness (QED) is 0.457. The lowest BCUT2D eigenvalue weighted by molar-refractivity contribution is -0.153. The second-order valence-electron chi connectivity index (χ2n) is 7.10. The molecule has 1 aromatic rings. The van der Waals surface area contributed by atoms with Crippen LogP contribution in [0, 0.1) is 0 Å². The number of hydrogen-bond acceptors (Lipinski definition) is 6. The van der Waals surface area contributed by atoms with Gasteiger partial charge in [0.1, 0.15) is 17.8 Å². The van der Waals surface area contributed by atoms with Crippen LogP contribution in [0.15, 0.2) is 24.3 Å². The van der Waals surface area contributed by atoms with E-state index < -0.39 is 42.5 Å². The van der Waals surface area contributed by atoms with Crippen molar-refractivity contribution in [3.63, 3.8) is 0 Å². The molecule has 0 saturated carbocycles. The molecule has 1 aliphatic heterocycles. The fourth-order valence-corrected chi connectivity index (χ4v) is 3.20.